The highest BCUT2D eigenvalue weighted by molar-refractivity contribution is 5.95. The molecule has 0 saturated carbocycles. The lowest BCUT2D eigenvalue weighted by Crippen LogP contribution is -2.17. The van der Waals surface area contributed by atoms with Crippen LogP contribution in [0.15, 0.2) is 53.6 Å². The second kappa shape index (κ2) is 10.1. The number of ether oxygens (including phenoxy) is 2. The van der Waals surface area contributed by atoms with Crippen molar-refractivity contribution in [2.24, 2.45) is 5.10 Å². The molecule has 0 radical (unpaired) electrons. The van der Waals surface area contributed by atoms with Crippen LogP contribution < -0.4 is 14.9 Å². The number of hydrogen-bond acceptors (Lipinski definition) is 4. The lowest BCUT2D eigenvalue weighted by atomic mass is 10.2. The third-order valence-corrected chi connectivity index (χ3v) is 3.34. The number of nitrogens with zero attached hydrogens (tertiary/aromatic N) is 1. The third-order valence-electron chi connectivity index (χ3n) is 3.34. The number of rotatable bonds is 9. The van der Waals surface area contributed by atoms with Gasteiger partial charge in [-0.15, -0.1) is 0 Å². The molecular weight excluding hydrogens is 316 g/mol. The first kappa shape index (κ1) is 18.5. The maximum Gasteiger partial charge on any atom is 0.271 e. The molecular formula is C20H24N2O3. The summed E-state index contributed by atoms with van der Waals surface area (Å²) in [4.78, 5) is 12.1. The summed E-state index contributed by atoms with van der Waals surface area (Å²) in [6.45, 7) is 5.40. The molecule has 0 unspecified atom stereocenters. The van der Waals surface area contributed by atoms with Gasteiger partial charge in [-0.2, -0.15) is 5.10 Å². The van der Waals surface area contributed by atoms with E-state index < -0.39 is 0 Å². The van der Waals surface area contributed by atoms with Crippen molar-refractivity contribution in [3.8, 4) is 11.5 Å². The van der Waals surface area contributed by atoms with Gasteiger partial charge in [-0.25, -0.2) is 5.43 Å². The first-order valence-electron chi connectivity index (χ1n) is 8.52. The average Bonchev–Trinajstić information content (AvgIpc) is 2.66. The Hall–Kier alpha value is -2.82. The molecule has 5 heteroatoms. The van der Waals surface area contributed by atoms with Gasteiger partial charge in [0, 0.05) is 11.1 Å². The largest absolute Gasteiger partial charge is 0.494 e. The van der Waals surface area contributed by atoms with Gasteiger partial charge in [-0.3, -0.25) is 4.79 Å². The van der Waals surface area contributed by atoms with Crippen LogP contribution in [0.4, 0.5) is 0 Å². The van der Waals surface area contributed by atoms with E-state index in [1.165, 1.54) is 0 Å². The number of para-hydroxylation sites is 1. The minimum atomic E-state index is -0.273. The number of hydrogen-bond donors (Lipinski definition) is 1. The van der Waals surface area contributed by atoms with E-state index in [4.69, 9.17) is 9.47 Å². The zero-order valence-electron chi connectivity index (χ0n) is 14.7. The highest BCUT2D eigenvalue weighted by Gasteiger charge is 2.05. The van der Waals surface area contributed by atoms with Crippen molar-refractivity contribution in [3.63, 3.8) is 0 Å². The van der Waals surface area contributed by atoms with Crippen molar-refractivity contribution in [2.45, 2.75) is 26.7 Å². The van der Waals surface area contributed by atoms with E-state index in [1.807, 2.05) is 31.2 Å². The second-order valence-corrected chi connectivity index (χ2v) is 5.46. The van der Waals surface area contributed by atoms with Crippen molar-refractivity contribution in [1.29, 1.82) is 0 Å². The van der Waals surface area contributed by atoms with Gasteiger partial charge >= 0.3 is 0 Å². The summed E-state index contributed by atoms with van der Waals surface area (Å²) in [6, 6.07) is 14.6. The van der Waals surface area contributed by atoms with E-state index in [2.05, 4.69) is 17.5 Å². The molecule has 0 atom stereocenters. The molecule has 0 spiro atoms. The zero-order chi connectivity index (χ0) is 17.9. The van der Waals surface area contributed by atoms with Crippen LogP contribution in [-0.4, -0.2) is 25.3 Å². The van der Waals surface area contributed by atoms with Crippen molar-refractivity contribution < 1.29 is 14.3 Å². The monoisotopic (exact) mass is 340 g/mol. The number of nitrogens with one attached hydrogen (secondary N) is 1. The number of benzene rings is 2. The maximum absolute atomic E-state index is 12.1. The van der Waals surface area contributed by atoms with E-state index in [0.717, 1.165) is 29.9 Å². The van der Waals surface area contributed by atoms with Crippen LogP contribution in [0.5, 0.6) is 11.5 Å². The zero-order valence-corrected chi connectivity index (χ0v) is 14.7. The minimum Gasteiger partial charge on any atom is -0.494 e. The molecule has 0 aliphatic rings. The molecule has 0 saturated heterocycles. The molecule has 0 aromatic heterocycles. The highest BCUT2D eigenvalue weighted by Crippen LogP contribution is 2.16. The molecule has 1 N–H and O–H groups in total. The molecule has 5 nitrogen and oxygen atoms in total. The molecule has 1 amide bonds. The Bertz CT molecular complexity index is 696. The Balaban J connectivity index is 1.94. The van der Waals surface area contributed by atoms with Gasteiger partial charge in [0.2, 0.25) is 0 Å². The molecule has 25 heavy (non-hydrogen) atoms. The van der Waals surface area contributed by atoms with Gasteiger partial charge in [-0.05, 0) is 49.2 Å². The van der Waals surface area contributed by atoms with Crippen LogP contribution in [0, 0.1) is 0 Å². The van der Waals surface area contributed by atoms with E-state index in [0.29, 0.717) is 18.8 Å². The topological polar surface area (TPSA) is 59.9 Å². The van der Waals surface area contributed by atoms with Crippen LogP contribution in [-0.2, 0) is 0 Å². The number of carbonyl (C=O) groups excluding carboxylic acids is 1. The molecule has 132 valence electrons. The second-order valence-electron chi connectivity index (χ2n) is 5.46. The Kier molecular flexibility index (Phi) is 7.50. The van der Waals surface area contributed by atoms with Gasteiger partial charge in [-0.1, -0.05) is 26.0 Å². The summed E-state index contributed by atoms with van der Waals surface area (Å²) in [7, 11) is 0. The predicted molar refractivity (Wildman–Crippen MR) is 99.5 cm³/mol. The minimum absolute atomic E-state index is 0.273. The normalized spacial score (nSPS) is 10.6. The fourth-order valence-electron chi connectivity index (χ4n) is 2.08. The van der Waals surface area contributed by atoms with Crippen molar-refractivity contribution in [3.05, 3.63) is 59.7 Å². The molecule has 2 aromatic rings. The number of hydrazone groups is 1. The van der Waals surface area contributed by atoms with Crippen LogP contribution in [0.2, 0.25) is 0 Å². The molecule has 2 aromatic carbocycles. The fraction of sp³-hybridized carbons (Fsp3) is 0.300. The maximum atomic E-state index is 12.1. The number of carbonyl (C=O) groups is 1. The Morgan fingerprint density at radius 3 is 2.40 bits per heavy atom. The summed E-state index contributed by atoms with van der Waals surface area (Å²) < 4.78 is 11.2. The third kappa shape index (κ3) is 5.95. The SMILES string of the molecule is CCCOc1ccc(C(=O)NN=Cc2ccccc2OCCC)cc1. The lowest BCUT2D eigenvalue weighted by Gasteiger charge is -2.07. The van der Waals surface area contributed by atoms with Gasteiger partial charge in [0.25, 0.3) is 5.91 Å². The molecule has 0 aliphatic carbocycles. The van der Waals surface area contributed by atoms with Crippen molar-refractivity contribution in [2.75, 3.05) is 13.2 Å². The average molecular weight is 340 g/mol. The van der Waals surface area contributed by atoms with Crippen molar-refractivity contribution >= 4 is 12.1 Å². The fourth-order valence-corrected chi connectivity index (χ4v) is 2.08. The van der Waals surface area contributed by atoms with E-state index >= 15 is 0 Å². The van der Waals surface area contributed by atoms with Crippen LogP contribution >= 0.6 is 0 Å². The summed E-state index contributed by atoms with van der Waals surface area (Å²) in [5, 5.41) is 4.02. The van der Waals surface area contributed by atoms with Crippen LogP contribution in [0.3, 0.4) is 0 Å². The smallest absolute Gasteiger partial charge is 0.271 e. The molecule has 0 aliphatic heterocycles. The van der Waals surface area contributed by atoms with Gasteiger partial charge < -0.3 is 9.47 Å². The molecule has 0 bridgehead atoms. The quantitative estimate of drug-likeness (QED) is 0.554. The first-order chi connectivity index (χ1) is 12.2. The standard InChI is InChI=1S/C20H24N2O3/c1-3-13-24-18-11-9-16(10-12-18)20(23)22-21-15-17-7-5-6-8-19(17)25-14-4-2/h5-12,15H,3-4,13-14H2,1-2H3,(H,22,23). The van der Waals surface area contributed by atoms with E-state index in [-0.39, 0.29) is 5.91 Å². The van der Waals surface area contributed by atoms with Crippen LogP contribution in [0.1, 0.15) is 42.6 Å². The van der Waals surface area contributed by atoms with Crippen molar-refractivity contribution in [1.82, 2.24) is 5.43 Å². The summed E-state index contributed by atoms with van der Waals surface area (Å²) in [6.07, 6.45) is 3.46. The van der Waals surface area contributed by atoms with E-state index in [9.17, 15) is 4.79 Å². The van der Waals surface area contributed by atoms with Crippen LogP contribution in [0.25, 0.3) is 0 Å². The molecule has 2 rings (SSSR count). The van der Waals surface area contributed by atoms with E-state index in [1.54, 1.807) is 30.5 Å². The Morgan fingerprint density at radius 1 is 1.00 bits per heavy atom. The molecule has 0 heterocycles. The summed E-state index contributed by atoms with van der Waals surface area (Å²) in [5.74, 6) is 1.23. The lowest BCUT2D eigenvalue weighted by molar-refractivity contribution is 0.0955. The summed E-state index contributed by atoms with van der Waals surface area (Å²) >= 11 is 0. The highest BCUT2D eigenvalue weighted by atomic mass is 16.5. The van der Waals surface area contributed by atoms with Gasteiger partial charge in [0.05, 0.1) is 19.4 Å². The van der Waals surface area contributed by atoms with Gasteiger partial charge in [0.1, 0.15) is 11.5 Å². The predicted octanol–water partition coefficient (Wildman–Crippen LogP) is 4.03. The first-order valence-corrected chi connectivity index (χ1v) is 8.52. The number of amides is 1. The molecule has 0 fully saturated rings. The summed E-state index contributed by atoms with van der Waals surface area (Å²) in [5.41, 5.74) is 3.87. The Morgan fingerprint density at radius 2 is 1.68 bits per heavy atom. The Labute approximate surface area is 148 Å². The van der Waals surface area contributed by atoms with Gasteiger partial charge in [0.15, 0.2) is 0 Å².